The van der Waals surface area contributed by atoms with Crippen molar-refractivity contribution in [2.45, 2.75) is 38.1 Å². The summed E-state index contributed by atoms with van der Waals surface area (Å²) >= 11 is 0. The van der Waals surface area contributed by atoms with Crippen LogP contribution in [0.2, 0.25) is 0 Å². The molecular weight excluding hydrogens is 327 g/mol. The molecule has 1 aliphatic rings. The molecule has 4 heteroatoms. The van der Waals surface area contributed by atoms with Crippen LogP contribution in [0.15, 0.2) is 48.5 Å². The highest BCUT2D eigenvalue weighted by molar-refractivity contribution is 5.85. The molecule has 0 saturated carbocycles. The van der Waals surface area contributed by atoms with Gasteiger partial charge in [-0.1, -0.05) is 30.3 Å². The predicted molar refractivity (Wildman–Crippen MR) is 102 cm³/mol. The molecule has 1 N–H and O–H groups in total. The zero-order valence-corrected chi connectivity index (χ0v) is 15.0. The van der Waals surface area contributed by atoms with E-state index in [1.165, 1.54) is 22.9 Å². The number of hydrogen-bond acceptors (Lipinski definition) is 1. The second kappa shape index (κ2) is 6.94. The van der Waals surface area contributed by atoms with Crippen molar-refractivity contribution in [1.82, 2.24) is 9.88 Å². The number of carbonyl (C=O) groups excluding carboxylic acids is 1. The summed E-state index contributed by atoms with van der Waals surface area (Å²) in [6.07, 6.45) is 3.90. The largest absolute Gasteiger partial charge is 0.358 e. The minimum absolute atomic E-state index is 0.174. The summed E-state index contributed by atoms with van der Waals surface area (Å²) < 4.78 is 13.7. The minimum Gasteiger partial charge on any atom is -0.358 e. The van der Waals surface area contributed by atoms with Gasteiger partial charge in [-0.2, -0.15) is 0 Å². The number of nitrogens with zero attached hydrogens (tertiary/aromatic N) is 1. The van der Waals surface area contributed by atoms with E-state index in [2.05, 4.69) is 17.1 Å². The maximum absolute atomic E-state index is 13.7. The van der Waals surface area contributed by atoms with Crippen molar-refractivity contribution in [2.75, 3.05) is 7.05 Å². The van der Waals surface area contributed by atoms with Crippen molar-refractivity contribution in [3.63, 3.8) is 0 Å². The van der Waals surface area contributed by atoms with Crippen LogP contribution in [-0.4, -0.2) is 28.9 Å². The molecule has 0 aliphatic heterocycles. The van der Waals surface area contributed by atoms with Crippen molar-refractivity contribution in [3.8, 4) is 0 Å². The molecule has 26 heavy (non-hydrogen) atoms. The van der Waals surface area contributed by atoms with Gasteiger partial charge in [-0.15, -0.1) is 0 Å². The van der Waals surface area contributed by atoms with Gasteiger partial charge in [-0.05, 0) is 55.0 Å². The van der Waals surface area contributed by atoms with Gasteiger partial charge in [0.25, 0.3) is 0 Å². The van der Waals surface area contributed by atoms with Gasteiger partial charge in [0.15, 0.2) is 0 Å². The molecule has 3 aromatic rings. The van der Waals surface area contributed by atoms with E-state index in [0.717, 1.165) is 36.6 Å². The molecule has 0 radical (unpaired) electrons. The summed E-state index contributed by atoms with van der Waals surface area (Å²) in [6.45, 7) is 0. The van der Waals surface area contributed by atoms with Crippen molar-refractivity contribution < 1.29 is 9.18 Å². The summed E-state index contributed by atoms with van der Waals surface area (Å²) in [5.74, 6) is -0.0398. The van der Waals surface area contributed by atoms with Crippen molar-refractivity contribution in [1.29, 1.82) is 0 Å². The Morgan fingerprint density at radius 1 is 1.23 bits per heavy atom. The summed E-state index contributed by atoms with van der Waals surface area (Å²) in [5.41, 5.74) is 4.52. The van der Waals surface area contributed by atoms with Crippen LogP contribution in [0.5, 0.6) is 0 Å². The highest BCUT2D eigenvalue weighted by atomic mass is 19.1. The first-order chi connectivity index (χ1) is 12.6. The Bertz CT molecular complexity index is 932. The Kier molecular flexibility index (Phi) is 4.49. The zero-order valence-electron chi connectivity index (χ0n) is 15.0. The number of carbonyl (C=O) groups is 1. The maximum Gasteiger partial charge on any atom is 0.222 e. The lowest BCUT2D eigenvalue weighted by Gasteiger charge is -2.31. The fraction of sp³-hybridized carbons (Fsp3) is 0.318. The van der Waals surface area contributed by atoms with E-state index in [1.54, 1.807) is 12.1 Å². The third-order valence-electron chi connectivity index (χ3n) is 5.54. The molecule has 4 rings (SSSR count). The van der Waals surface area contributed by atoms with Crippen LogP contribution in [0.4, 0.5) is 4.39 Å². The minimum atomic E-state index is -0.214. The summed E-state index contributed by atoms with van der Waals surface area (Å²) in [5, 5.41) is 0.954. The lowest BCUT2D eigenvalue weighted by molar-refractivity contribution is -0.132. The third-order valence-corrected chi connectivity index (χ3v) is 5.54. The summed E-state index contributed by atoms with van der Waals surface area (Å²) in [7, 11) is 1.90. The van der Waals surface area contributed by atoms with Gasteiger partial charge in [0.2, 0.25) is 5.91 Å². The van der Waals surface area contributed by atoms with E-state index in [9.17, 15) is 9.18 Å². The molecule has 134 valence electrons. The molecule has 1 amide bonds. The van der Waals surface area contributed by atoms with Crippen molar-refractivity contribution in [3.05, 3.63) is 71.2 Å². The average molecular weight is 350 g/mol. The molecule has 1 aromatic heterocycles. The molecule has 1 aliphatic carbocycles. The lowest BCUT2D eigenvalue weighted by Crippen LogP contribution is -2.40. The van der Waals surface area contributed by atoms with E-state index in [-0.39, 0.29) is 17.8 Å². The van der Waals surface area contributed by atoms with Crippen molar-refractivity contribution in [2.24, 2.45) is 0 Å². The van der Waals surface area contributed by atoms with Crippen LogP contribution in [0.3, 0.4) is 0 Å². The topological polar surface area (TPSA) is 36.1 Å². The predicted octanol–water partition coefficient (Wildman–Crippen LogP) is 4.26. The molecule has 0 saturated heterocycles. The van der Waals surface area contributed by atoms with E-state index in [0.29, 0.717) is 6.42 Å². The van der Waals surface area contributed by atoms with Gasteiger partial charge in [-0.3, -0.25) is 4.79 Å². The monoisotopic (exact) mass is 350 g/mol. The Morgan fingerprint density at radius 3 is 2.85 bits per heavy atom. The Balaban J connectivity index is 1.46. The molecule has 3 nitrogen and oxygen atoms in total. The summed E-state index contributed by atoms with van der Waals surface area (Å²) in [4.78, 5) is 17.9. The number of rotatable bonds is 4. The molecule has 1 unspecified atom stereocenters. The molecule has 2 aromatic carbocycles. The number of aromatic amines is 1. The number of amides is 1. The number of aryl methyl sites for hydroxylation is 2. The Hall–Kier alpha value is -2.62. The maximum atomic E-state index is 13.7. The molecular formula is C22H23FN2O. The van der Waals surface area contributed by atoms with Crippen LogP contribution in [0.1, 0.15) is 29.7 Å². The van der Waals surface area contributed by atoms with Crippen LogP contribution in [-0.2, 0) is 24.1 Å². The van der Waals surface area contributed by atoms with E-state index < -0.39 is 0 Å². The second-order valence-corrected chi connectivity index (χ2v) is 7.16. The number of fused-ring (bicyclic) bond motifs is 3. The van der Waals surface area contributed by atoms with Gasteiger partial charge < -0.3 is 9.88 Å². The highest BCUT2D eigenvalue weighted by Crippen LogP contribution is 2.31. The molecule has 0 spiro atoms. The van der Waals surface area contributed by atoms with E-state index in [1.807, 2.05) is 30.1 Å². The molecule has 0 fully saturated rings. The normalized spacial score (nSPS) is 16.5. The molecule has 0 bridgehead atoms. The third kappa shape index (κ3) is 3.24. The smallest absolute Gasteiger partial charge is 0.222 e. The number of likely N-dealkylation sites (N-methyl/N-ethyl adjacent to an activating group) is 1. The Labute approximate surface area is 152 Å². The van der Waals surface area contributed by atoms with Gasteiger partial charge in [0, 0.05) is 36.1 Å². The average Bonchev–Trinajstić information content (AvgIpc) is 3.03. The SMILES string of the molecule is CN(C(=O)CCc1ccccc1)C1CCc2[nH]c3ccc(F)cc3c2C1. The fourth-order valence-corrected chi connectivity index (χ4v) is 3.98. The van der Waals surface area contributed by atoms with Gasteiger partial charge >= 0.3 is 0 Å². The Morgan fingerprint density at radius 2 is 2.04 bits per heavy atom. The number of H-pyrrole nitrogens is 1. The number of nitrogens with one attached hydrogen (secondary N) is 1. The van der Waals surface area contributed by atoms with Gasteiger partial charge in [0.1, 0.15) is 5.82 Å². The molecule has 1 atom stereocenters. The van der Waals surface area contributed by atoms with E-state index >= 15 is 0 Å². The second-order valence-electron chi connectivity index (χ2n) is 7.16. The number of hydrogen-bond donors (Lipinski definition) is 1. The number of aromatic nitrogens is 1. The quantitative estimate of drug-likeness (QED) is 0.750. The van der Waals surface area contributed by atoms with E-state index in [4.69, 9.17) is 0 Å². The first-order valence-corrected chi connectivity index (χ1v) is 9.20. The first-order valence-electron chi connectivity index (χ1n) is 9.20. The van der Waals surface area contributed by atoms with Crippen LogP contribution >= 0.6 is 0 Å². The standard InChI is InChI=1S/C22H23FN2O/c1-25(22(26)12-7-15-5-3-2-4-6-15)17-9-11-21-19(14-17)18-13-16(23)8-10-20(18)24-21/h2-6,8,10,13,17,24H,7,9,11-12,14H2,1H3. The molecule has 1 heterocycles. The summed E-state index contributed by atoms with van der Waals surface area (Å²) in [6, 6.07) is 15.2. The van der Waals surface area contributed by atoms with Crippen molar-refractivity contribution >= 4 is 16.8 Å². The van der Waals surface area contributed by atoms with Crippen LogP contribution < -0.4 is 0 Å². The van der Waals surface area contributed by atoms with Gasteiger partial charge in [0.05, 0.1) is 0 Å². The van der Waals surface area contributed by atoms with Gasteiger partial charge in [-0.25, -0.2) is 4.39 Å². The number of benzene rings is 2. The van der Waals surface area contributed by atoms with Crippen LogP contribution in [0.25, 0.3) is 10.9 Å². The lowest BCUT2D eigenvalue weighted by atomic mass is 9.90. The highest BCUT2D eigenvalue weighted by Gasteiger charge is 2.27. The zero-order chi connectivity index (χ0) is 18.1. The fourth-order valence-electron chi connectivity index (χ4n) is 3.98. The number of halogens is 1. The van der Waals surface area contributed by atoms with Crippen LogP contribution in [0, 0.1) is 5.82 Å². The first kappa shape index (κ1) is 16.8.